The summed E-state index contributed by atoms with van der Waals surface area (Å²) in [4.78, 5) is 14.1. The predicted molar refractivity (Wildman–Crippen MR) is 98.0 cm³/mol. The first kappa shape index (κ1) is 14.5. The first-order valence-electron chi connectivity index (χ1n) is 8.01. The van der Waals surface area contributed by atoms with Crippen LogP contribution in [0.4, 0.5) is 11.5 Å². The summed E-state index contributed by atoms with van der Waals surface area (Å²) in [6, 6.07) is 8.95. The van der Waals surface area contributed by atoms with Crippen molar-refractivity contribution in [2.45, 2.75) is 29.4 Å². The van der Waals surface area contributed by atoms with Crippen LogP contribution in [0, 0.1) is 0 Å². The Morgan fingerprint density at radius 2 is 2.12 bits per heavy atom. The van der Waals surface area contributed by atoms with Crippen LogP contribution in [0.2, 0.25) is 0 Å². The van der Waals surface area contributed by atoms with E-state index in [9.17, 15) is 0 Å². The van der Waals surface area contributed by atoms with E-state index in [-0.39, 0.29) is 0 Å². The molecule has 0 fully saturated rings. The molecule has 24 heavy (non-hydrogen) atoms. The van der Waals surface area contributed by atoms with E-state index in [0.717, 1.165) is 36.2 Å². The van der Waals surface area contributed by atoms with Crippen molar-refractivity contribution in [3.05, 3.63) is 58.0 Å². The van der Waals surface area contributed by atoms with E-state index in [2.05, 4.69) is 49.8 Å². The molecule has 2 aliphatic rings. The van der Waals surface area contributed by atoms with Gasteiger partial charge in [-0.25, -0.2) is 9.97 Å². The summed E-state index contributed by atoms with van der Waals surface area (Å²) in [6.45, 7) is 3.19. The van der Waals surface area contributed by atoms with Crippen molar-refractivity contribution in [2.75, 3.05) is 11.9 Å². The zero-order valence-corrected chi connectivity index (χ0v) is 14.7. The number of hydrogen-bond acceptors (Lipinski definition) is 6. The van der Waals surface area contributed by atoms with Gasteiger partial charge in [-0.1, -0.05) is 17.8 Å². The standard InChI is InChI=1S/C18H16N4S2/c1-2-16-14(21-17-18(24-16)20-6-5-19-17)9-12(1)10-22-7-3-15-13(11-22)4-8-23-15/h1-2,4-6,8-9H,3,7,10-11H2,(H,19,21). The fourth-order valence-corrected chi connectivity index (χ4v) is 5.05. The number of anilines is 2. The van der Waals surface area contributed by atoms with E-state index < -0.39 is 0 Å². The Kier molecular flexibility index (Phi) is 3.54. The van der Waals surface area contributed by atoms with Gasteiger partial charge in [-0.2, -0.15) is 0 Å². The van der Waals surface area contributed by atoms with Crippen molar-refractivity contribution in [2.24, 2.45) is 0 Å². The quantitative estimate of drug-likeness (QED) is 0.582. The van der Waals surface area contributed by atoms with Crippen LogP contribution in [0.3, 0.4) is 0 Å². The molecule has 0 unspecified atom stereocenters. The molecule has 0 atom stereocenters. The molecule has 0 radical (unpaired) electrons. The molecule has 4 heterocycles. The number of aromatic nitrogens is 2. The third kappa shape index (κ3) is 2.60. The average Bonchev–Trinajstić information content (AvgIpc) is 3.08. The summed E-state index contributed by atoms with van der Waals surface area (Å²) in [5.74, 6) is 0.855. The molecule has 0 aliphatic carbocycles. The highest BCUT2D eigenvalue weighted by molar-refractivity contribution is 7.99. The van der Waals surface area contributed by atoms with Crippen LogP contribution in [0.1, 0.15) is 16.0 Å². The smallest absolute Gasteiger partial charge is 0.163 e. The zero-order chi connectivity index (χ0) is 15.9. The molecule has 0 amide bonds. The van der Waals surface area contributed by atoms with Gasteiger partial charge in [-0.05, 0) is 41.1 Å². The molecule has 0 bridgehead atoms. The van der Waals surface area contributed by atoms with Crippen LogP contribution in [0.25, 0.3) is 0 Å². The minimum Gasteiger partial charge on any atom is -0.337 e. The minimum atomic E-state index is 0.855. The van der Waals surface area contributed by atoms with Gasteiger partial charge in [0, 0.05) is 41.8 Å². The molecule has 0 saturated heterocycles. The Labute approximate surface area is 149 Å². The molecule has 2 aromatic heterocycles. The summed E-state index contributed by atoms with van der Waals surface area (Å²) >= 11 is 3.57. The summed E-state index contributed by atoms with van der Waals surface area (Å²) in [7, 11) is 0. The molecule has 0 spiro atoms. The SMILES string of the molecule is c1cnc2c(n1)Nc1cc(CN3CCc4sccc4C3)ccc1S2. The van der Waals surface area contributed by atoms with Gasteiger partial charge in [0.25, 0.3) is 0 Å². The fourth-order valence-electron chi connectivity index (χ4n) is 3.28. The lowest BCUT2D eigenvalue weighted by molar-refractivity contribution is 0.247. The zero-order valence-electron chi connectivity index (χ0n) is 13.0. The fraction of sp³-hybridized carbons (Fsp3) is 0.222. The van der Waals surface area contributed by atoms with Gasteiger partial charge in [-0.15, -0.1) is 11.3 Å². The van der Waals surface area contributed by atoms with Crippen molar-refractivity contribution in [3.8, 4) is 0 Å². The van der Waals surface area contributed by atoms with E-state index >= 15 is 0 Å². The third-order valence-electron chi connectivity index (χ3n) is 4.46. The number of benzene rings is 1. The largest absolute Gasteiger partial charge is 0.337 e. The van der Waals surface area contributed by atoms with Crippen molar-refractivity contribution in [3.63, 3.8) is 0 Å². The normalized spacial score (nSPS) is 16.0. The number of rotatable bonds is 2. The second-order valence-electron chi connectivity index (χ2n) is 6.10. The summed E-state index contributed by atoms with van der Waals surface area (Å²) in [6.07, 6.45) is 4.64. The second-order valence-corrected chi connectivity index (χ2v) is 8.13. The first-order chi connectivity index (χ1) is 11.8. The Balaban J connectivity index is 1.36. The highest BCUT2D eigenvalue weighted by Crippen LogP contribution is 2.42. The topological polar surface area (TPSA) is 41.1 Å². The van der Waals surface area contributed by atoms with Crippen LogP contribution in [-0.2, 0) is 19.5 Å². The first-order valence-corrected chi connectivity index (χ1v) is 9.71. The van der Waals surface area contributed by atoms with E-state index in [1.165, 1.54) is 22.4 Å². The molecule has 6 heteroatoms. The van der Waals surface area contributed by atoms with Gasteiger partial charge >= 0.3 is 0 Å². The molecule has 2 aliphatic heterocycles. The van der Waals surface area contributed by atoms with E-state index in [4.69, 9.17) is 0 Å². The van der Waals surface area contributed by atoms with Crippen molar-refractivity contribution < 1.29 is 0 Å². The van der Waals surface area contributed by atoms with Crippen molar-refractivity contribution in [1.29, 1.82) is 0 Å². The number of fused-ring (bicyclic) bond motifs is 3. The van der Waals surface area contributed by atoms with Crippen LogP contribution in [-0.4, -0.2) is 21.4 Å². The minimum absolute atomic E-state index is 0.855. The Bertz CT molecular complexity index is 906. The monoisotopic (exact) mass is 352 g/mol. The molecular weight excluding hydrogens is 336 g/mol. The Hall–Kier alpha value is -1.89. The predicted octanol–water partition coefficient (Wildman–Crippen LogP) is 4.30. The van der Waals surface area contributed by atoms with Crippen LogP contribution >= 0.6 is 23.1 Å². The van der Waals surface area contributed by atoms with Gasteiger partial charge in [-0.3, -0.25) is 4.90 Å². The second kappa shape index (κ2) is 5.88. The molecule has 0 saturated carbocycles. The summed E-state index contributed by atoms with van der Waals surface area (Å²) < 4.78 is 0. The maximum Gasteiger partial charge on any atom is 0.163 e. The van der Waals surface area contributed by atoms with Gasteiger partial charge in [0.2, 0.25) is 0 Å². The van der Waals surface area contributed by atoms with Crippen LogP contribution in [0.15, 0.2) is 52.0 Å². The highest BCUT2D eigenvalue weighted by Gasteiger charge is 2.20. The molecule has 5 rings (SSSR count). The van der Waals surface area contributed by atoms with Gasteiger partial charge in [0.15, 0.2) is 5.82 Å². The van der Waals surface area contributed by atoms with Gasteiger partial charge in [0.05, 0.1) is 5.69 Å². The highest BCUT2D eigenvalue weighted by atomic mass is 32.2. The van der Waals surface area contributed by atoms with Gasteiger partial charge in [0.1, 0.15) is 5.03 Å². The summed E-state index contributed by atoms with van der Waals surface area (Å²) in [5.41, 5.74) is 3.98. The number of nitrogens with one attached hydrogen (secondary N) is 1. The Morgan fingerprint density at radius 3 is 3.12 bits per heavy atom. The number of nitrogens with zero attached hydrogens (tertiary/aromatic N) is 3. The van der Waals surface area contributed by atoms with Gasteiger partial charge < -0.3 is 5.32 Å². The summed E-state index contributed by atoms with van der Waals surface area (Å²) in [5, 5.41) is 6.58. The van der Waals surface area contributed by atoms with E-state index in [1.54, 1.807) is 29.0 Å². The maximum atomic E-state index is 4.38. The number of thiophene rings is 1. The van der Waals surface area contributed by atoms with E-state index in [1.807, 2.05) is 11.3 Å². The van der Waals surface area contributed by atoms with Crippen LogP contribution < -0.4 is 5.32 Å². The van der Waals surface area contributed by atoms with E-state index in [0.29, 0.717) is 0 Å². The third-order valence-corrected chi connectivity index (χ3v) is 6.55. The van der Waals surface area contributed by atoms with Crippen LogP contribution in [0.5, 0.6) is 0 Å². The maximum absolute atomic E-state index is 4.38. The van der Waals surface area contributed by atoms with Crippen molar-refractivity contribution in [1.82, 2.24) is 14.9 Å². The average molecular weight is 352 g/mol. The lowest BCUT2D eigenvalue weighted by Crippen LogP contribution is -2.29. The Morgan fingerprint density at radius 1 is 1.17 bits per heavy atom. The number of hydrogen-bond donors (Lipinski definition) is 1. The molecule has 1 aromatic carbocycles. The molecule has 1 N–H and O–H groups in total. The van der Waals surface area contributed by atoms with Crippen molar-refractivity contribution >= 4 is 34.6 Å². The molecule has 4 nitrogen and oxygen atoms in total. The molecule has 120 valence electrons. The molecule has 3 aromatic rings. The lowest BCUT2D eigenvalue weighted by atomic mass is 10.1. The molecular formula is C18H16N4S2. The lowest BCUT2D eigenvalue weighted by Gasteiger charge is -2.27.